The van der Waals surface area contributed by atoms with Gasteiger partial charge in [-0.05, 0) is 68.4 Å². The maximum Gasteiger partial charge on any atom is 0.131 e. The number of halogens is 4. The molecule has 0 aromatic heterocycles. The summed E-state index contributed by atoms with van der Waals surface area (Å²) in [6.45, 7) is 5.14. The van der Waals surface area contributed by atoms with Crippen LogP contribution in [0.2, 0.25) is 0 Å². The Morgan fingerprint density at radius 2 is 0.842 bits per heavy atom. The van der Waals surface area contributed by atoms with Crippen LogP contribution in [0.1, 0.15) is 36.1 Å². The third-order valence-electron chi connectivity index (χ3n) is 4.94. The van der Waals surface area contributed by atoms with Gasteiger partial charge in [0.05, 0.1) is 11.4 Å². The summed E-state index contributed by atoms with van der Waals surface area (Å²) >= 11 is 0. The van der Waals surface area contributed by atoms with Crippen LogP contribution in [0.25, 0.3) is 0 Å². The number of nitrogens with zero attached hydrogens (tertiary/aromatic N) is 4. The molecule has 206 valence electrons. The van der Waals surface area contributed by atoms with Gasteiger partial charge in [-0.1, -0.05) is 18.2 Å². The van der Waals surface area contributed by atoms with Crippen molar-refractivity contribution >= 4 is 84.3 Å². The molecule has 0 atom stereocenters. The second-order valence-corrected chi connectivity index (χ2v) is 7.39. The molecule has 0 spiro atoms. The van der Waals surface area contributed by atoms with E-state index in [0.29, 0.717) is 47.8 Å². The van der Waals surface area contributed by atoms with Gasteiger partial charge in [0.15, 0.2) is 0 Å². The second kappa shape index (κ2) is 18.0. The summed E-state index contributed by atoms with van der Waals surface area (Å²) in [7, 11) is 0. The highest BCUT2D eigenvalue weighted by Crippen LogP contribution is 2.17. The first-order valence-electron chi connectivity index (χ1n) is 11.0. The molecule has 12 heteroatoms. The SMILES string of the molecule is CCN=C(N)c1ccc(N=C(N)c2cccc(C(N)=Nc3ccc(C(N)=NCC)cc3)c2)cc1.Cl.Cl.Cl.Cl. The first-order chi connectivity index (χ1) is 16.4. The van der Waals surface area contributed by atoms with Gasteiger partial charge in [0.25, 0.3) is 0 Å². The standard InChI is InChI=1S/C26H30N8.4ClH/c1-3-31-23(27)17-8-12-21(13-9-17)33-25(29)19-6-5-7-20(16-19)26(30)34-22-14-10-18(11-15-22)24(28)32-4-2;;;;/h5-16H,3-4H2,1-2H3,(H2,27,31)(H2,28,32)(H2,29,33)(H2,30,34);4*1H. The molecule has 0 saturated heterocycles. The largest absolute Gasteiger partial charge is 0.384 e. The molecule has 0 radical (unpaired) electrons. The fourth-order valence-corrected chi connectivity index (χ4v) is 3.18. The van der Waals surface area contributed by atoms with Crippen molar-refractivity contribution in [3.05, 3.63) is 95.1 Å². The highest BCUT2D eigenvalue weighted by atomic mass is 35.5. The highest BCUT2D eigenvalue weighted by Gasteiger charge is 2.06. The van der Waals surface area contributed by atoms with Crippen LogP contribution in [0.5, 0.6) is 0 Å². The van der Waals surface area contributed by atoms with Gasteiger partial charge in [0, 0.05) is 35.3 Å². The molecule has 0 bridgehead atoms. The monoisotopic (exact) mass is 598 g/mol. The Bertz CT molecular complexity index is 1160. The predicted molar refractivity (Wildman–Crippen MR) is 172 cm³/mol. The lowest BCUT2D eigenvalue weighted by Gasteiger charge is -2.07. The zero-order valence-corrected chi connectivity index (χ0v) is 24.3. The molecule has 3 aromatic carbocycles. The number of benzene rings is 3. The van der Waals surface area contributed by atoms with Crippen molar-refractivity contribution in [2.75, 3.05) is 13.1 Å². The smallest absolute Gasteiger partial charge is 0.131 e. The fraction of sp³-hybridized carbons (Fsp3) is 0.154. The maximum absolute atomic E-state index is 6.26. The Labute approximate surface area is 248 Å². The van der Waals surface area contributed by atoms with Crippen LogP contribution in [0.3, 0.4) is 0 Å². The van der Waals surface area contributed by atoms with Crippen LogP contribution < -0.4 is 22.9 Å². The van der Waals surface area contributed by atoms with Crippen LogP contribution in [-0.2, 0) is 0 Å². The van der Waals surface area contributed by atoms with E-state index in [9.17, 15) is 0 Å². The summed E-state index contributed by atoms with van der Waals surface area (Å²) in [6, 6.07) is 22.4. The van der Waals surface area contributed by atoms with Crippen LogP contribution in [0, 0.1) is 0 Å². The Hall–Kier alpha value is -3.30. The van der Waals surface area contributed by atoms with Crippen molar-refractivity contribution in [3.63, 3.8) is 0 Å². The quantitative estimate of drug-likeness (QED) is 0.215. The lowest BCUT2D eigenvalue weighted by atomic mass is 10.1. The summed E-state index contributed by atoms with van der Waals surface area (Å²) in [5.41, 5.74) is 29.0. The van der Waals surface area contributed by atoms with Gasteiger partial charge < -0.3 is 22.9 Å². The average molecular weight is 600 g/mol. The lowest BCUT2D eigenvalue weighted by Crippen LogP contribution is -2.17. The average Bonchev–Trinajstić information content (AvgIpc) is 2.85. The van der Waals surface area contributed by atoms with Gasteiger partial charge in [-0.15, -0.1) is 49.6 Å². The van der Waals surface area contributed by atoms with E-state index in [1.165, 1.54) is 0 Å². The van der Waals surface area contributed by atoms with Crippen molar-refractivity contribution in [3.8, 4) is 0 Å². The first kappa shape index (κ1) is 36.9. The highest BCUT2D eigenvalue weighted by molar-refractivity contribution is 6.04. The third-order valence-corrected chi connectivity index (χ3v) is 4.94. The molecule has 0 fully saturated rings. The summed E-state index contributed by atoms with van der Waals surface area (Å²) in [5.74, 6) is 1.74. The van der Waals surface area contributed by atoms with Crippen molar-refractivity contribution < 1.29 is 0 Å². The minimum Gasteiger partial charge on any atom is -0.384 e. The topological polar surface area (TPSA) is 154 Å². The Morgan fingerprint density at radius 1 is 0.500 bits per heavy atom. The van der Waals surface area contributed by atoms with Crippen molar-refractivity contribution in [2.24, 2.45) is 42.9 Å². The molecule has 8 N–H and O–H groups in total. The summed E-state index contributed by atoms with van der Waals surface area (Å²) in [6.07, 6.45) is 0. The number of amidine groups is 4. The fourth-order valence-electron chi connectivity index (χ4n) is 3.18. The predicted octanol–water partition coefficient (Wildman–Crippen LogP) is 4.90. The molecule has 0 heterocycles. The van der Waals surface area contributed by atoms with E-state index in [0.717, 1.165) is 22.3 Å². The molecule has 3 rings (SSSR count). The molecular formula is C26H34Cl4N8. The van der Waals surface area contributed by atoms with Crippen molar-refractivity contribution in [1.29, 1.82) is 0 Å². The molecule has 0 aliphatic heterocycles. The summed E-state index contributed by atoms with van der Waals surface area (Å²) in [4.78, 5) is 17.4. The summed E-state index contributed by atoms with van der Waals surface area (Å²) < 4.78 is 0. The van der Waals surface area contributed by atoms with Crippen LogP contribution in [-0.4, -0.2) is 36.4 Å². The number of aliphatic imine (C=N–C) groups is 4. The van der Waals surface area contributed by atoms with E-state index in [4.69, 9.17) is 22.9 Å². The molecule has 0 aliphatic carbocycles. The van der Waals surface area contributed by atoms with E-state index in [1.807, 2.05) is 86.6 Å². The van der Waals surface area contributed by atoms with Crippen molar-refractivity contribution in [2.45, 2.75) is 13.8 Å². The molecular weight excluding hydrogens is 566 g/mol. The maximum atomic E-state index is 6.26. The zero-order chi connectivity index (χ0) is 24.5. The summed E-state index contributed by atoms with van der Waals surface area (Å²) in [5, 5.41) is 0. The van der Waals surface area contributed by atoms with Gasteiger partial charge in [-0.2, -0.15) is 0 Å². The molecule has 0 amide bonds. The number of rotatable bonds is 8. The van der Waals surface area contributed by atoms with Crippen LogP contribution in [0.15, 0.2) is 92.8 Å². The number of hydrogen-bond acceptors (Lipinski definition) is 4. The Kier molecular flexibility index (Phi) is 17.5. The van der Waals surface area contributed by atoms with E-state index >= 15 is 0 Å². The molecule has 0 saturated carbocycles. The van der Waals surface area contributed by atoms with Gasteiger partial charge >= 0.3 is 0 Å². The molecule has 8 nitrogen and oxygen atoms in total. The van der Waals surface area contributed by atoms with E-state index in [2.05, 4.69) is 20.0 Å². The lowest BCUT2D eigenvalue weighted by molar-refractivity contribution is 1.12. The zero-order valence-electron chi connectivity index (χ0n) is 21.1. The van der Waals surface area contributed by atoms with Gasteiger partial charge in [-0.3, -0.25) is 9.98 Å². The molecule has 3 aromatic rings. The van der Waals surface area contributed by atoms with E-state index in [1.54, 1.807) is 0 Å². The molecule has 0 aliphatic rings. The minimum atomic E-state index is 0. The molecule has 38 heavy (non-hydrogen) atoms. The first-order valence-corrected chi connectivity index (χ1v) is 11.0. The number of nitrogens with two attached hydrogens (primary N) is 4. The van der Waals surface area contributed by atoms with Crippen molar-refractivity contribution in [1.82, 2.24) is 0 Å². The Morgan fingerprint density at radius 3 is 1.16 bits per heavy atom. The minimum absolute atomic E-state index is 0. The second-order valence-electron chi connectivity index (χ2n) is 7.39. The third kappa shape index (κ3) is 10.2. The van der Waals surface area contributed by atoms with Gasteiger partial charge in [0.1, 0.15) is 23.3 Å². The van der Waals surface area contributed by atoms with Crippen LogP contribution >= 0.6 is 49.6 Å². The molecule has 0 unspecified atom stereocenters. The number of hydrogen-bond donors (Lipinski definition) is 4. The van der Waals surface area contributed by atoms with E-state index < -0.39 is 0 Å². The van der Waals surface area contributed by atoms with Gasteiger partial charge in [0.2, 0.25) is 0 Å². The van der Waals surface area contributed by atoms with Gasteiger partial charge in [-0.25, -0.2) is 9.98 Å². The normalized spacial score (nSPS) is 11.8. The Balaban J connectivity index is 0. The van der Waals surface area contributed by atoms with E-state index in [-0.39, 0.29) is 49.6 Å². The van der Waals surface area contributed by atoms with Crippen LogP contribution in [0.4, 0.5) is 11.4 Å².